The van der Waals surface area contributed by atoms with Crippen LogP contribution in [0.15, 0.2) is 48.7 Å². The lowest BCUT2D eigenvalue weighted by Crippen LogP contribution is -2.33. The lowest BCUT2D eigenvalue weighted by molar-refractivity contribution is 0.0749. The highest BCUT2D eigenvalue weighted by Gasteiger charge is 2.15. The highest BCUT2D eigenvalue weighted by atomic mass is 16.2. The van der Waals surface area contributed by atoms with Crippen LogP contribution in [0.4, 0.5) is 11.4 Å². The van der Waals surface area contributed by atoms with E-state index in [1.165, 1.54) is 0 Å². The molecule has 0 aliphatic heterocycles. The minimum atomic E-state index is 0.0163. The van der Waals surface area contributed by atoms with E-state index in [1.54, 1.807) is 6.20 Å². The van der Waals surface area contributed by atoms with Gasteiger partial charge in [-0.15, -0.1) is 0 Å². The van der Waals surface area contributed by atoms with Crippen molar-refractivity contribution in [2.45, 2.75) is 26.7 Å². The molecule has 2 rings (SSSR count). The van der Waals surface area contributed by atoms with Gasteiger partial charge in [-0.2, -0.15) is 0 Å². The van der Waals surface area contributed by atoms with Crippen molar-refractivity contribution in [3.05, 3.63) is 54.4 Å². The molecule has 0 N–H and O–H groups in total. The number of rotatable bonds is 7. The smallest absolute Gasteiger partial charge is 0.272 e. The van der Waals surface area contributed by atoms with Gasteiger partial charge in [0.2, 0.25) is 0 Å². The van der Waals surface area contributed by atoms with Gasteiger partial charge in [0.25, 0.3) is 5.91 Å². The quantitative estimate of drug-likeness (QED) is 0.772. The molecule has 0 aliphatic carbocycles. The Balaban J connectivity index is 2.14. The third kappa shape index (κ3) is 4.31. The number of anilines is 2. The van der Waals surface area contributed by atoms with E-state index in [-0.39, 0.29) is 5.91 Å². The predicted molar refractivity (Wildman–Crippen MR) is 95.2 cm³/mol. The maximum Gasteiger partial charge on any atom is 0.272 e. The van der Waals surface area contributed by atoms with Gasteiger partial charge in [0.15, 0.2) is 0 Å². The van der Waals surface area contributed by atoms with Gasteiger partial charge in [0.05, 0.1) is 11.9 Å². The third-order valence-electron chi connectivity index (χ3n) is 3.77. The molecule has 1 heterocycles. The fraction of sp³-hybridized carbons (Fsp3) is 0.368. The number of carbonyl (C=O) groups is 1. The van der Waals surface area contributed by atoms with Crippen LogP contribution in [-0.4, -0.2) is 35.9 Å². The van der Waals surface area contributed by atoms with E-state index in [1.807, 2.05) is 54.4 Å². The summed E-state index contributed by atoms with van der Waals surface area (Å²) in [6, 6.07) is 13.9. The van der Waals surface area contributed by atoms with E-state index >= 15 is 0 Å². The number of hydrogen-bond acceptors (Lipinski definition) is 3. The molecule has 0 atom stereocenters. The molecule has 0 saturated carbocycles. The Hall–Kier alpha value is -2.36. The second-order valence-electron chi connectivity index (χ2n) is 5.59. The molecule has 122 valence electrons. The Labute approximate surface area is 138 Å². The Morgan fingerprint density at radius 3 is 2.13 bits per heavy atom. The third-order valence-corrected chi connectivity index (χ3v) is 3.77. The monoisotopic (exact) mass is 311 g/mol. The molecule has 1 amide bonds. The summed E-state index contributed by atoms with van der Waals surface area (Å²) < 4.78 is 0. The SMILES string of the molecule is CCCN(CCC)C(=O)c1ccc(N(C)c2ccccc2)cn1. The molecule has 0 fully saturated rings. The summed E-state index contributed by atoms with van der Waals surface area (Å²) >= 11 is 0. The number of carbonyl (C=O) groups excluding carboxylic acids is 1. The van der Waals surface area contributed by atoms with Crippen LogP contribution in [0.2, 0.25) is 0 Å². The Morgan fingerprint density at radius 2 is 1.61 bits per heavy atom. The minimum Gasteiger partial charge on any atom is -0.343 e. The maximum absolute atomic E-state index is 12.5. The zero-order valence-corrected chi connectivity index (χ0v) is 14.2. The number of aromatic nitrogens is 1. The van der Waals surface area contributed by atoms with Crippen LogP contribution in [0.25, 0.3) is 0 Å². The molecular formula is C19H25N3O. The van der Waals surface area contributed by atoms with E-state index in [0.29, 0.717) is 5.69 Å². The number of benzene rings is 1. The highest BCUT2D eigenvalue weighted by molar-refractivity contribution is 5.92. The zero-order valence-electron chi connectivity index (χ0n) is 14.2. The minimum absolute atomic E-state index is 0.0163. The van der Waals surface area contributed by atoms with E-state index in [4.69, 9.17) is 0 Å². The summed E-state index contributed by atoms with van der Waals surface area (Å²) in [5.41, 5.74) is 2.56. The first-order chi connectivity index (χ1) is 11.2. The Bertz CT molecular complexity index is 604. The van der Waals surface area contributed by atoms with Crippen molar-refractivity contribution in [3.8, 4) is 0 Å². The van der Waals surface area contributed by atoms with E-state index in [2.05, 4.69) is 23.7 Å². The van der Waals surface area contributed by atoms with E-state index in [9.17, 15) is 4.79 Å². The number of hydrogen-bond donors (Lipinski definition) is 0. The first-order valence-electron chi connectivity index (χ1n) is 8.21. The van der Waals surface area contributed by atoms with Crippen LogP contribution < -0.4 is 4.90 Å². The van der Waals surface area contributed by atoms with Gasteiger partial charge in [-0.1, -0.05) is 32.0 Å². The summed E-state index contributed by atoms with van der Waals surface area (Å²) in [5.74, 6) is 0.0163. The molecule has 23 heavy (non-hydrogen) atoms. The fourth-order valence-electron chi connectivity index (χ4n) is 2.53. The lowest BCUT2D eigenvalue weighted by atomic mass is 10.2. The van der Waals surface area contributed by atoms with Gasteiger partial charge in [-0.3, -0.25) is 4.79 Å². The molecule has 0 bridgehead atoms. The molecule has 4 heteroatoms. The largest absolute Gasteiger partial charge is 0.343 e. The van der Waals surface area contributed by atoms with Crippen molar-refractivity contribution >= 4 is 17.3 Å². The van der Waals surface area contributed by atoms with E-state index in [0.717, 1.165) is 37.3 Å². The lowest BCUT2D eigenvalue weighted by Gasteiger charge is -2.22. The predicted octanol–water partition coefficient (Wildman–Crippen LogP) is 4.11. The summed E-state index contributed by atoms with van der Waals surface area (Å²) in [6.07, 6.45) is 3.68. The molecular weight excluding hydrogens is 286 g/mol. The first kappa shape index (κ1) is 17.0. The van der Waals surface area contributed by atoms with Crippen molar-refractivity contribution < 1.29 is 4.79 Å². The van der Waals surface area contributed by atoms with Gasteiger partial charge in [0.1, 0.15) is 5.69 Å². The Morgan fingerprint density at radius 1 is 0.957 bits per heavy atom. The van der Waals surface area contributed by atoms with Crippen LogP contribution in [0, 0.1) is 0 Å². The average Bonchev–Trinajstić information content (AvgIpc) is 2.61. The zero-order chi connectivity index (χ0) is 16.7. The van der Waals surface area contributed by atoms with Crippen molar-refractivity contribution in [2.24, 2.45) is 0 Å². The standard InChI is InChI=1S/C19H25N3O/c1-4-13-22(14-5-2)19(23)18-12-11-17(15-20-18)21(3)16-9-7-6-8-10-16/h6-12,15H,4-5,13-14H2,1-3H3. The Kier molecular flexibility index (Phi) is 6.15. The van der Waals surface area contributed by atoms with Crippen molar-refractivity contribution in [2.75, 3.05) is 25.0 Å². The van der Waals surface area contributed by atoms with Crippen LogP contribution >= 0.6 is 0 Å². The average molecular weight is 311 g/mol. The summed E-state index contributed by atoms with van der Waals surface area (Å²) in [4.78, 5) is 20.8. The van der Waals surface area contributed by atoms with Crippen LogP contribution in [0.5, 0.6) is 0 Å². The molecule has 0 unspecified atom stereocenters. The van der Waals surface area contributed by atoms with Crippen molar-refractivity contribution in [1.82, 2.24) is 9.88 Å². The molecule has 0 aliphatic rings. The van der Waals surface area contributed by atoms with Gasteiger partial charge < -0.3 is 9.80 Å². The molecule has 1 aromatic carbocycles. The molecule has 0 spiro atoms. The van der Waals surface area contributed by atoms with E-state index < -0.39 is 0 Å². The van der Waals surface area contributed by atoms with Crippen LogP contribution in [0.1, 0.15) is 37.2 Å². The van der Waals surface area contributed by atoms with Crippen LogP contribution in [-0.2, 0) is 0 Å². The fourth-order valence-corrected chi connectivity index (χ4v) is 2.53. The summed E-state index contributed by atoms with van der Waals surface area (Å²) in [5, 5.41) is 0. The van der Waals surface area contributed by atoms with Gasteiger partial charge in [-0.05, 0) is 37.1 Å². The number of para-hydroxylation sites is 1. The molecule has 4 nitrogen and oxygen atoms in total. The van der Waals surface area contributed by atoms with Crippen molar-refractivity contribution in [1.29, 1.82) is 0 Å². The second kappa shape index (κ2) is 8.32. The van der Waals surface area contributed by atoms with Gasteiger partial charge in [-0.25, -0.2) is 4.98 Å². The van der Waals surface area contributed by atoms with Crippen molar-refractivity contribution in [3.63, 3.8) is 0 Å². The van der Waals surface area contributed by atoms with Gasteiger partial charge in [0, 0.05) is 25.8 Å². The normalized spacial score (nSPS) is 10.4. The van der Waals surface area contributed by atoms with Gasteiger partial charge >= 0.3 is 0 Å². The maximum atomic E-state index is 12.5. The molecule has 0 radical (unpaired) electrons. The number of amides is 1. The molecule has 1 aromatic heterocycles. The number of pyridine rings is 1. The molecule has 0 saturated heterocycles. The number of nitrogens with zero attached hydrogens (tertiary/aromatic N) is 3. The first-order valence-corrected chi connectivity index (χ1v) is 8.21. The van der Waals surface area contributed by atoms with Crippen LogP contribution in [0.3, 0.4) is 0 Å². The summed E-state index contributed by atoms with van der Waals surface area (Å²) in [7, 11) is 1.99. The topological polar surface area (TPSA) is 36.4 Å². The highest BCUT2D eigenvalue weighted by Crippen LogP contribution is 2.22. The summed E-state index contributed by atoms with van der Waals surface area (Å²) in [6.45, 7) is 5.72. The second-order valence-corrected chi connectivity index (χ2v) is 5.59. The molecule has 2 aromatic rings.